The first-order valence-corrected chi connectivity index (χ1v) is 7.14. The summed E-state index contributed by atoms with van der Waals surface area (Å²) in [5.41, 5.74) is 1.75. The van der Waals surface area contributed by atoms with E-state index in [2.05, 4.69) is 15.3 Å². The molecule has 0 radical (unpaired) electrons. The first-order chi connectivity index (χ1) is 9.70. The molecule has 0 unspecified atom stereocenters. The van der Waals surface area contributed by atoms with Gasteiger partial charge in [-0.15, -0.1) is 0 Å². The summed E-state index contributed by atoms with van der Waals surface area (Å²) >= 11 is 6.20. The average Bonchev–Trinajstić information content (AvgIpc) is 2.38. The Morgan fingerprint density at radius 3 is 2.38 bits per heavy atom. The molecule has 1 aromatic heterocycles. The smallest absolute Gasteiger partial charge is 0.138 e. The second kappa shape index (κ2) is 5.60. The van der Waals surface area contributed by atoms with E-state index in [4.69, 9.17) is 11.6 Å². The van der Waals surface area contributed by atoms with Crippen molar-refractivity contribution in [2.24, 2.45) is 0 Å². The SMILES string of the molecule is Cc1c(F)cccc1Nc1nc(C(C)(C)C)nc(Cl)c1C. The maximum absolute atomic E-state index is 13.6. The lowest BCUT2D eigenvalue weighted by Crippen LogP contribution is -2.17. The molecule has 0 fully saturated rings. The highest BCUT2D eigenvalue weighted by atomic mass is 35.5. The van der Waals surface area contributed by atoms with Crippen LogP contribution in [0.25, 0.3) is 0 Å². The van der Waals surface area contributed by atoms with E-state index in [1.54, 1.807) is 13.0 Å². The van der Waals surface area contributed by atoms with Gasteiger partial charge in [-0.2, -0.15) is 0 Å². The third-order valence-corrected chi connectivity index (χ3v) is 3.65. The normalized spacial score (nSPS) is 11.6. The number of halogens is 2. The molecule has 0 saturated heterocycles. The minimum atomic E-state index is -0.256. The van der Waals surface area contributed by atoms with E-state index in [-0.39, 0.29) is 11.2 Å². The molecule has 21 heavy (non-hydrogen) atoms. The van der Waals surface area contributed by atoms with E-state index in [1.807, 2.05) is 33.8 Å². The van der Waals surface area contributed by atoms with Gasteiger partial charge in [0, 0.05) is 22.2 Å². The fourth-order valence-corrected chi connectivity index (χ4v) is 1.99. The maximum Gasteiger partial charge on any atom is 0.138 e. The van der Waals surface area contributed by atoms with Gasteiger partial charge in [-0.05, 0) is 26.0 Å². The third-order valence-electron chi connectivity index (χ3n) is 3.28. The molecule has 0 spiro atoms. The Morgan fingerprint density at radius 1 is 1.10 bits per heavy atom. The van der Waals surface area contributed by atoms with Crippen molar-refractivity contribution in [1.29, 1.82) is 0 Å². The van der Waals surface area contributed by atoms with Crippen LogP contribution < -0.4 is 5.32 Å². The molecule has 0 aliphatic rings. The topological polar surface area (TPSA) is 37.8 Å². The molecule has 0 atom stereocenters. The fourth-order valence-electron chi connectivity index (χ4n) is 1.82. The molecule has 2 aromatic rings. The van der Waals surface area contributed by atoms with Crippen LogP contribution in [0.3, 0.4) is 0 Å². The van der Waals surface area contributed by atoms with Gasteiger partial charge in [0.2, 0.25) is 0 Å². The van der Waals surface area contributed by atoms with Crippen LogP contribution in [0.15, 0.2) is 18.2 Å². The number of nitrogens with zero attached hydrogens (tertiary/aromatic N) is 2. The van der Waals surface area contributed by atoms with Crippen LogP contribution in [-0.4, -0.2) is 9.97 Å². The molecule has 3 nitrogen and oxygen atoms in total. The van der Waals surface area contributed by atoms with Crippen LogP contribution in [0, 0.1) is 19.7 Å². The minimum absolute atomic E-state index is 0.218. The van der Waals surface area contributed by atoms with Gasteiger partial charge in [-0.1, -0.05) is 38.4 Å². The average molecular weight is 308 g/mol. The summed E-state index contributed by atoms with van der Waals surface area (Å²) in [5.74, 6) is 0.997. The van der Waals surface area contributed by atoms with E-state index in [9.17, 15) is 4.39 Å². The number of benzene rings is 1. The highest BCUT2D eigenvalue weighted by molar-refractivity contribution is 6.30. The van der Waals surface area contributed by atoms with Crippen molar-refractivity contribution in [3.8, 4) is 0 Å². The summed E-state index contributed by atoms with van der Waals surface area (Å²) in [7, 11) is 0. The van der Waals surface area contributed by atoms with Gasteiger partial charge in [-0.3, -0.25) is 0 Å². The monoisotopic (exact) mass is 307 g/mol. The van der Waals surface area contributed by atoms with Crippen LogP contribution in [-0.2, 0) is 5.41 Å². The van der Waals surface area contributed by atoms with E-state index in [0.717, 1.165) is 5.56 Å². The molecular weight excluding hydrogens is 289 g/mol. The van der Waals surface area contributed by atoms with Gasteiger partial charge >= 0.3 is 0 Å². The summed E-state index contributed by atoms with van der Waals surface area (Å²) < 4.78 is 13.6. The Bertz CT molecular complexity index is 678. The van der Waals surface area contributed by atoms with E-state index in [0.29, 0.717) is 28.0 Å². The van der Waals surface area contributed by atoms with E-state index < -0.39 is 0 Å². The summed E-state index contributed by atoms with van der Waals surface area (Å²) in [6.07, 6.45) is 0. The van der Waals surface area contributed by atoms with Crippen molar-refractivity contribution >= 4 is 23.1 Å². The molecule has 0 aliphatic carbocycles. The van der Waals surface area contributed by atoms with E-state index >= 15 is 0 Å². The van der Waals surface area contributed by atoms with Gasteiger partial charge in [-0.25, -0.2) is 14.4 Å². The lowest BCUT2D eigenvalue weighted by atomic mass is 9.95. The summed E-state index contributed by atoms with van der Waals surface area (Å²) in [6.45, 7) is 9.62. The summed E-state index contributed by atoms with van der Waals surface area (Å²) in [5, 5.41) is 3.57. The van der Waals surface area contributed by atoms with Crippen LogP contribution in [0.1, 0.15) is 37.7 Å². The van der Waals surface area contributed by atoms with Crippen molar-refractivity contribution in [2.75, 3.05) is 5.32 Å². The van der Waals surface area contributed by atoms with Crippen molar-refractivity contribution in [3.63, 3.8) is 0 Å². The second-order valence-corrected chi connectivity index (χ2v) is 6.46. The second-order valence-electron chi connectivity index (χ2n) is 6.10. The van der Waals surface area contributed by atoms with Gasteiger partial charge in [0.25, 0.3) is 0 Å². The fraction of sp³-hybridized carbons (Fsp3) is 0.375. The number of nitrogens with one attached hydrogen (secondary N) is 1. The molecule has 2 rings (SSSR count). The number of hydrogen-bond donors (Lipinski definition) is 1. The Balaban J connectivity index is 2.49. The standard InChI is InChI=1S/C16H19ClFN3/c1-9-11(18)7-6-8-12(9)19-14-10(2)13(17)20-15(21-14)16(3,4)5/h6-8H,1-5H3,(H,19,20,21). The summed E-state index contributed by atoms with van der Waals surface area (Å²) in [4.78, 5) is 8.87. The molecule has 1 N–H and O–H groups in total. The zero-order valence-corrected chi connectivity index (χ0v) is 13.6. The first kappa shape index (κ1) is 15.7. The maximum atomic E-state index is 13.6. The summed E-state index contributed by atoms with van der Waals surface area (Å²) in [6, 6.07) is 4.90. The van der Waals surface area contributed by atoms with Gasteiger partial charge < -0.3 is 5.32 Å². The van der Waals surface area contributed by atoms with Crippen molar-refractivity contribution < 1.29 is 4.39 Å². The Labute approximate surface area is 129 Å². The Kier molecular flexibility index (Phi) is 4.19. The van der Waals surface area contributed by atoms with Crippen LogP contribution in [0.2, 0.25) is 5.15 Å². The van der Waals surface area contributed by atoms with Crippen LogP contribution >= 0.6 is 11.6 Å². The number of anilines is 2. The lowest BCUT2D eigenvalue weighted by molar-refractivity contribution is 0.545. The number of rotatable bonds is 2. The van der Waals surface area contributed by atoms with Crippen molar-refractivity contribution in [2.45, 2.75) is 40.0 Å². The molecule has 5 heteroatoms. The zero-order chi connectivity index (χ0) is 15.8. The lowest BCUT2D eigenvalue weighted by Gasteiger charge is -2.20. The van der Waals surface area contributed by atoms with Crippen molar-refractivity contribution in [3.05, 3.63) is 46.1 Å². The van der Waals surface area contributed by atoms with Gasteiger partial charge in [0.1, 0.15) is 22.6 Å². The molecule has 0 saturated carbocycles. The Hall–Kier alpha value is -1.68. The highest BCUT2D eigenvalue weighted by Gasteiger charge is 2.21. The zero-order valence-electron chi connectivity index (χ0n) is 12.9. The predicted molar refractivity (Wildman–Crippen MR) is 84.9 cm³/mol. The quantitative estimate of drug-likeness (QED) is 0.800. The molecule has 1 aromatic carbocycles. The molecular formula is C16H19ClFN3. The molecule has 1 heterocycles. The van der Waals surface area contributed by atoms with Crippen LogP contribution in [0.4, 0.5) is 15.9 Å². The first-order valence-electron chi connectivity index (χ1n) is 6.77. The molecule has 0 amide bonds. The largest absolute Gasteiger partial charge is 0.340 e. The third kappa shape index (κ3) is 3.32. The molecule has 112 valence electrons. The van der Waals surface area contributed by atoms with Gasteiger partial charge in [0.15, 0.2) is 0 Å². The van der Waals surface area contributed by atoms with Crippen molar-refractivity contribution in [1.82, 2.24) is 9.97 Å². The number of aromatic nitrogens is 2. The molecule has 0 bridgehead atoms. The van der Waals surface area contributed by atoms with Gasteiger partial charge in [0.05, 0.1) is 0 Å². The minimum Gasteiger partial charge on any atom is -0.340 e. The highest BCUT2D eigenvalue weighted by Crippen LogP contribution is 2.29. The van der Waals surface area contributed by atoms with E-state index in [1.165, 1.54) is 6.07 Å². The predicted octanol–water partition coefficient (Wildman–Crippen LogP) is 4.93. The molecule has 0 aliphatic heterocycles. The Morgan fingerprint density at radius 2 is 1.76 bits per heavy atom. The number of hydrogen-bond acceptors (Lipinski definition) is 3. The van der Waals surface area contributed by atoms with Crippen LogP contribution in [0.5, 0.6) is 0 Å².